The van der Waals surface area contributed by atoms with Gasteiger partial charge in [0.05, 0.1) is 0 Å². The number of likely N-dealkylation sites (N-methyl/N-ethyl adjacent to an activating group) is 1. The first kappa shape index (κ1) is 17.5. The van der Waals surface area contributed by atoms with Gasteiger partial charge in [0.25, 0.3) is 0 Å². The predicted octanol–water partition coefficient (Wildman–Crippen LogP) is 2.12. The summed E-state index contributed by atoms with van der Waals surface area (Å²) in [4.78, 5) is 6.57. The highest BCUT2D eigenvalue weighted by atomic mass is 15.2. The summed E-state index contributed by atoms with van der Waals surface area (Å²) < 4.78 is 0. The Bertz CT molecular complexity index is 401. The van der Waals surface area contributed by atoms with Gasteiger partial charge in [0.15, 0.2) is 5.96 Å². The van der Waals surface area contributed by atoms with E-state index in [1.807, 2.05) is 7.05 Å². The number of guanidine groups is 1. The molecule has 0 aromatic heterocycles. The maximum Gasteiger partial charge on any atom is 0.191 e. The number of aryl methyl sites for hydroxylation is 1. The molecule has 0 amide bonds. The summed E-state index contributed by atoms with van der Waals surface area (Å²) >= 11 is 0. The second kappa shape index (κ2) is 10.2. The fourth-order valence-electron chi connectivity index (χ4n) is 1.97. The van der Waals surface area contributed by atoms with E-state index in [1.54, 1.807) is 0 Å². The molecule has 2 N–H and O–H groups in total. The lowest BCUT2D eigenvalue weighted by molar-refractivity contribution is 0.278. The van der Waals surface area contributed by atoms with Crippen LogP contribution in [-0.4, -0.2) is 50.6 Å². The van der Waals surface area contributed by atoms with Gasteiger partial charge in [0, 0.05) is 32.7 Å². The van der Waals surface area contributed by atoms with Crippen molar-refractivity contribution in [1.29, 1.82) is 0 Å². The quantitative estimate of drug-likeness (QED) is 0.438. The van der Waals surface area contributed by atoms with Crippen LogP contribution in [0.2, 0.25) is 0 Å². The Hall–Kier alpha value is -1.55. The number of hydrogen-bond donors (Lipinski definition) is 2. The van der Waals surface area contributed by atoms with Gasteiger partial charge in [-0.25, -0.2) is 0 Å². The molecular formula is C17H30N4. The van der Waals surface area contributed by atoms with Crippen LogP contribution in [0.5, 0.6) is 0 Å². The second-order valence-electron chi connectivity index (χ2n) is 5.59. The molecule has 4 heteroatoms. The van der Waals surface area contributed by atoms with Crippen LogP contribution in [-0.2, 0) is 6.42 Å². The number of hydrogen-bond acceptors (Lipinski definition) is 2. The van der Waals surface area contributed by atoms with Crippen molar-refractivity contribution in [3.05, 3.63) is 35.9 Å². The van der Waals surface area contributed by atoms with E-state index in [-0.39, 0.29) is 0 Å². The summed E-state index contributed by atoms with van der Waals surface area (Å²) in [5.41, 5.74) is 1.39. The van der Waals surface area contributed by atoms with Crippen LogP contribution >= 0.6 is 0 Å². The van der Waals surface area contributed by atoms with Gasteiger partial charge in [0.1, 0.15) is 0 Å². The average molecular weight is 290 g/mol. The predicted molar refractivity (Wildman–Crippen MR) is 91.9 cm³/mol. The molecule has 0 aliphatic carbocycles. The molecule has 1 aromatic rings. The minimum Gasteiger partial charge on any atom is -0.356 e. The monoisotopic (exact) mass is 290 g/mol. The van der Waals surface area contributed by atoms with Crippen LogP contribution in [0.1, 0.15) is 25.8 Å². The summed E-state index contributed by atoms with van der Waals surface area (Å²) in [6, 6.07) is 11.2. The van der Waals surface area contributed by atoms with Crippen molar-refractivity contribution in [2.24, 2.45) is 4.99 Å². The Morgan fingerprint density at radius 3 is 2.43 bits per heavy atom. The molecule has 0 heterocycles. The Morgan fingerprint density at radius 2 is 1.81 bits per heavy atom. The Balaban J connectivity index is 2.14. The molecule has 0 saturated heterocycles. The molecule has 0 fully saturated rings. The molecule has 0 radical (unpaired) electrons. The van der Waals surface area contributed by atoms with E-state index in [0.29, 0.717) is 6.04 Å². The molecule has 118 valence electrons. The van der Waals surface area contributed by atoms with Crippen LogP contribution in [0, 0.1) is 0 Å². The zero-order valence-corrected chi connectivity index (χ0v) is 13.9. The highest BCUT2D eigenvalue weighted by Crippen LogP contribution is 2.01. The molecule has 1 rings (SSSR count). The number of aliphatic imine (C=N–C) groups is 1. The van der Waals surface area contributed by atoms with Crippen molar-refractivity contribution in [2.75, 3.05) is 33.7 Å². The van der Waals surface area contributed by atoms with Crippen molar-refractivity contribution in [3.8, 4) is 0 Å². The van der Waals surface area contributed by atoms with Crippen molar-refractivity contribution in [3.63, 3.8) is 0 Å². The molecule has 1 aromatic carbocycles. The standard InChI is InChI=1S/C17H30N4/c1-15(2)21(4)14-13-20-17(18-3)19-12-8-11-16-9-6-5-7-10-16/h5-7,9-10,15H,8,11-14H2,1-4H3,(H2,18,19,20). The highest BCUT2D eigenvalue weighted by molar-refractivity contribution is 5.79. The maximum atomic E-state index is 4.25. The molecule has 0 spiro atoms. The third-order valence-electron chi connectivity index (χ3n) is 3.64. The van der Waals surface area contributed by atoms with Gasteiger partial charge in [-0.2, -0.15) is 0 Å². The van der Waals surface area contributed by atoms with Crippen molar-refractivity contribution < 1.29 is 0 Å². The third kappa shape index (κ3) is 7.71. The van der Waals surface area contributed by atoms with E-state index < -0.39 is 0 Å². The van der Waals surface area contributed by atoms with Gasteiger partial charge in [-0.1, -0.05) is 30.3 Å². The van der Waals surface area contributed by atoms with E-state index in [1.165, 1.54) is 5.56 Å². The van der Waals surface area contributed by atoms with E-state index in [2.05, 4.69) is 71.8 Å². The van der Waals surface area contributed by atoms with Gasteiger partial charge >= 0.3 is 0 Å². The second-order valence-corrected chi connectivity index (χ2v) is 5.59. The lowest BCUT2D eigenvalue weighted by Crippen LogP contribution is -2.42. The summed E-state index contributed by atoms with van der Waals surface area (Å²) in [5, 5.41) is 6.71. The van der Waals surface area contributed by atoms with Gasteiger partial charge in [-0.15, -0.1) is 0 Å². The van der Waals surface area contributed by atoms with Crippen molar-refractivity contribution in [2.45, 2.75) is 32.7 Å². The molecule has 0 aliphatic rings. The van der Waals surface area contributed by atoms with Crippen molar-refractivity contribution >= 4 is 5.96 Å². The summed E-state index contributed by atoms with van der Waals surface area (Å²) in [6.07, 6.45) is 2.21. The highest BCUT2D eigenvalue weighted by Gasteiger charge is 2.03. The first-order chi connectivity index (χ1) is 10.1. The van der Waals surface area contributed by atoms with Gasteiger partial charge < -0.3 is 15.5 Å². The number of nitrogens with zero attached hydrogens (tertiary/aromatic N) is 2. The first-order valence-electron chi connectivity index (χ1n) is 7.82. The number of benzene rings is 1. The fraction of sp³-hybridized carbons (Fsp3) is 0.588. The zero-order valence-electron chi connectivity index (χ0n) is 13.9. The number of nitrogens with one attached hydrogen (secondary N) is 2. The van der Waals surface area contributed by atoms with E-state index in [0.717, 1.165) is 38.4 Å². The normalized spacial score (nSPS) is 12.0. The molecule has 0 atom stereocenters. The molecule has 0 unspecified atom stereocenters. The van der Waals surface area contributed by atoms with Gasteiger partial charge in [-0.3, -0.25) is 4.99 Å². The van der Waals surface area contributed by atoms with Gasteiger partial charge in [0.2, 0.25) is 0 Å². The first-order valence-corrected chi connectivity index (χ1v) is 7.82. The fourth-order valence-corrected chi connectivity index (χ4v) is 1.97. The van der Waals surface area contributed by atoms with Gasteiger partial charge in [-0.05, 0) is 39.3 Å². The Kier molecular flexibility index (Phi) is 8.51. The lowest BCUT2D eigenvalue weighted by atomic mass is 10.1. The molecule has 0 bridgehead atoms. The van der Waals surface area contributed by atoms with E-state index in [4.69, 9.17) is 0 Å². The smallest absolute Gasteiger partial charge is 0.191 e. The maximum absolute atomic E-state index is 4.25. The molecule has 0 saturated carbocycles. The molecule has 4 nitrogen and oxygen atoms in total. The topological polar surface area (TPSA) is 39.7 Å². The molecule has 0 aliphatic heterocycles. The lowest BCUT2D eigenvalue weighted by Gasteiger charge is -2.21. The van der Waals surface area contributed by atoms with Crippen LogP contribution in [0.4, 0.5) is 0 Å². The van der Waals surface area contributed by atoms with Crippen LogP contribution in [0.3, 0.4) is 0 Å². The average Bonchev–Trinajstić information content (AvgIpc) is 2.50. The SMILES string of the molecule is CN=C(NCCCc1ccccc1)NCCN(C)C(C)C. The minimum atomic E-state index is 0.577. The third-order valence-corrected chi connectivity index (χ3v) is 3.64. The summed E-state index contributed by atoms with van der Waals surface area (Å²) in [6.45, 7) is 7.28. The van der Waals surface area contributed by atoms with Crippen LogP contribution in [0.15, 0.2) is 35.3 Å². The van der Waals surface area contributed by atoms with Crippen LogP contribution in [0.25, 0.3) is 0 Å². The van der Waals surface area contributed by atoms with Crippen LogP contribution < -0.4 is 10.6 Å². The zero-order chi connectivity index (χ0) is 15.5. The van der Waals surface area contributed by atoms with Crippen molar-refractivity contribution in [1.82, 2.24) is 15.5 Å². The Morgan fingerprint density at radius 1 is 1.14 bits per heavy atom. The summed E-state index contributed by atoms with van der Waals surface area (Å²) in [5.74, 6) is 0.889. The molecule has 21 heavy (non-hydrogen) atoms. The molecular weight excluding hydrogens is 260 g/mol. The summed E-state index contributed by atoms with van der Waals surface area (Å²) in [7, 11) is 3.96. The van der Waals surface area contributed by atoms with E-state index in [9.17, 15) is 0 Å². The minimum absolute atomic E-state index is 0.577. The Labute approximate surface area is 129 Å². The number of rotatable bonds is 8. The largest absolute Gasteiger partial charge is 0.356 e. The van der Waals surface area contributed by atoms with E-state index >= 15 is 0 Å².